The number of sulfone groups is 1. The average Bonchev–Trinajstić information content (AvgIpc) is 2.64. The summed E-state index contributed by atoms with van der Waals surface area (Å²) in [6.45, 7) is 2.63. The maximum absolute atomic E-state index is 12.2. The fraction of sp³-hybridized carbons (Fsp3) is 0.250. The quantitative estimate of drug-likeness (QED) is 0.519. The summed E-state index contributed by atoms with van der Waals surface area (Å²) in [4.78, 5) is 12.4. The first-order chi connectivity index (χ1) is 12.3. The van der Waals surface area contributed by atoms with Crippen molar-refractivity contribution in [3.63, 3.8) is 0 Å². The minimum atomic E-state index is -3.27. The molecule has 0 unspecified atom stereocenters. The summed E-state index contributed by atoms with van der Waals surface area (Å²) in [5, 5.41) is 0. The largest absolute Gasteiger partial charge is 0.493 e. The monoisotopic (exact) mass is 374 g/mol. The molecular formula is C20H22O5S. The Kier molecular flexibility index (Phi) is 6.58. The van der Waals surface area contributed by atoms with E-state index in [1.807, 2.05) is 13.0 Å². The number of rotatable bonds is 8. The second-order valence-corrected chi connectivity index (χ2v) is 7.77. The topological polar surface area (TPSA) is 69.7 Å². The second-order valence-electron chi connectivity index (χ2n) is 5.75. The number of ketones is 1. The summed E-state index contributed by atoms with van der Waals surface area (Å²) in [7, 11) is -1.71. The van der Waals surface area contributed by atoms with Crippen molar-refractivity contribution in [2.24, 2.45) is 0 Å². The van der Waals surface area contributed by atoms with Gasteiger partial charge in [-0.15, -0.1) is 0 Å². The van der Waals surface area contributed by atoms with Crippen molar-refractivity contribution in [3.05, 3.63) is 59.7 Å². The normalized spacial score (nSPS) is 11.5. The van der Waals surface area contributed by atoms with Gasteiger partial charge in [-0.2, -0.15) is 0 Å². The van der Waals surface area contributed by atoms with Gasteiger partial charge in [0.15, 0.2) is 27.1 Å². The molecule has 0 heterocycles. The molecule has 2 aromatic carbocycles. The Morgan fingerprint density at radius 2 is 1.77 bits per heavy atom. The molecule has 0 atom stereocenters. The van der Waals surface area contributed by atoms with E-state index in [-0.39, 0.29) is 10.7 Å². The van der Waals surface area contributed by atoms with Gasteiger partial charge < -0.3 is 9.47 Å². The predicted octanol–water partition coefficient (Wildman–Crippen LogP) is 3.78. The molecule has 0 radical (unpaired) electrons. The van der Waals surface area contributed by atoms with E-state index in [2.05, 4.69) is 0 Å². The van der Waals surface area contributed by atoms with Crippen molar-refractivity contribution in [3.8, 4) is 11.5 Å². The van der Waals surface area contributed by atoms with Crippen LogP contribution in [0.15, 0.2) is 53.4 Å². The highest BCUT2D eigenvalue weighted by molar-refractivity contribution is 7.90. The molecule has 6 heteroatoms. The van der Waals surface area contributed by atoms with Crippen LogP contribution in [0.3, 0.4) is 0 Å². The third-order valence-electron chi connectivity index (χ3n) is 3.64. The minimum absolute atomic E-state index is 0.186. The lowest BCUT2D eigenvalue weighted by Crippen LogP contribution is -1.99. The van der Waals surface area contributed by atoms with Gasteiger partial charge in [0.05, 0.1) is 18.6 Å². The van der Waals surface area contributed by atoms with Crippen LogP contribution in [0.2, 0.25) is 0 Å². The zero-order chi connectivity index (χ0) is 19.2. The van der Waals surface area contributed by atoms with Gasteiger partial charge in [0, 0.05) is 11.8 Å². The van der Waals surface area contributed by atoms with E-state index in [4.69, 9.17) is 9.47 Å². The Morgan fingerprint density at radius 3 is 2.35 bits per heavy atom. The van der Waals surface area contributed by atoms with Gasteiger partial charge in [0.1, 0.15) is 0 Å². The summed E-state index contributed by atoms with van der Waals surface area (Å²) in [6, 6.07) is 11.3. The SMILES string of the molecule is CCCOc1ccc(/C=C/C(=O)c2ccc(S(C)(=O)=O)cc2)cc1OC. The Balaban J connectivity index is 2.14. The lowest BCUT2D eigenvalue weighted by atomic mass is 10.1. The summed E-state index contributed by atoms with van der Waals surface area (Å²) in [5.41, 5.74) is 1.22. The average molecular weight is 374 g/mol. The molecule has 138 valence electrons. The highest BCUT2D eigenvalue weighted by atomic mass is 32.2. The first-order valence-corrected chi connectivity index (χ1v) is 10.1. The third-order valence-corrected chi connectivity index (χ3v) is 4.77. The Bertz CT molecular complexity index is 896. The lowest BCUT2D eigenvalue weighted by Gasteiger charge is -2.10. The van der Waals surface area contributed by atoms with Crippen molar-refractivity contribution in [2.45, 2.75) is 18.2 Å². The highest BCUT2D eigenvalue weighted by Gasteiger charge is 2.09. The summed E-state index contributed by atoms with van der Waals surface area (Å²) < 4.78 is 33.8. The smallest absolute Gasteiger partial charge is 0.185 e. The zero-order valence-electron chi connectivity index (χ0n) is 15.1. The van der Waals surface area contributed by atoms with E-state index in [1.165, 1.54) is 30.3 Å². The number of carbonyl (C=O) groups is 1. The zero-order valence-corrected chi connectivity index (χ0v) is 15.9. The van der Waals surface area contributed by atoms with E-state index < -0.39 is 9.84 Å². The van der Waals surface area contributed by atoms with Crippen molar-refractivity contribution < 1.29 is 22.7 Å². The fourth-order valence-corrected chi connectivity index (χ4v) is 2.88. The van der Waals surface area contributed by atoms with Crippen molar-refractivity contribution in [2.75, 3.05) is 20.0 Å². The predicted molar refractivity (Wildman–Crippen MR) is 102 cm³/mol. The first-order valence-electron chi connectivity index (χ1n) is 8.18. The molecule has 0 saturated carbocycles. The molecule has 0 saturated heterocycles. The van der Waals surface area contributed by atoms with Crippen LogP contribution < -0.4 is 9.47 Å². The molecule has 0 N–H and O–H groups in total. The van der Waals surface area contributed by atoms with Gasteiger partial charge in [0.25, 0.3) is 0 Å². The van der Waals surface area contributed by atoms with Crippen LogP contribution in [0.4, 0.5) is 0 Å². The number of benzene rings is 2. The lowest BCUT2D eigenvalue weighted by molar-refractivity contribution is 0.104. The number of allylic oxidation sites excluding steroid dienone is 1. The number of hydrogen-bond donors (Lipinski definition) is 0. The Morgan fingerprint density at radius 1 is 1.08 bits per heavy atom. The molecule has 26 heavy (non-hydrogen) atoms. The molecule has 2 rings (SSSR count). The molecule has 0 amide bonds. The summed E-state index contributed by atoms with van der Waals surface area (Å²) in [6.07, 6.45) is 5.15. The van der Waals surface area contributed by atoms with E-state index in [9.17, 15) is 13.2 Å². The van der Waals surface area contributed by atoms with Crippen LogP contribution in [0.25, 0.3) is 6.08 Å². The number of methoxy groups -OCH3 is 1. The van der Waals surface area contributed by atoms with Gasteiger partial charge in [-0.1, -0.05) is 19.1 Å². The van der Waals surface area contributed by atoms with Crippen molar-refractivity contribution in [1.82, 2.24) is 0 Å². The summed E-state index contributed by atoms with van der Waals surface area (Å²) in [5.74, 6) is 1.05. The third kappa shape index (κ3) is 5.20. The second kappa shape index (κ2) is 8.67. The van der Waals surface area contributed by atoms with Gasteiger partial charge in [-0.05, 0) is 54.5 Å². The van der Waals surface area contributed by atoms with Gasteiger partial charge >= 0.3 is 0 Å². The van der Waals surface area contributed by atoms with E-state index >= 15 is 0 Å². The van der Waals surface area contributed by atoms with E-state index in [0.717, 1.165) is 18.2 Å². The van der Waals surface area contributed by atoms with Crippen molar-refractivity contribution in [1.29, 1.82) is 0 Å². The molecule has 2 aromatic rings. The molecule has 0 aliphatic carbocycles. The maximum atomic E-state index is 12.2. The first kappa shape index (κ1) is 19.7. The van der Waals surface area contributed by atoms with E-state index in [0.29, 0.717) is 23.7 Å². The molecule has 0 aliphatic rings. The molecule has 5 nitrogen and oxygen atoms in total. The van der Waals surface area contributed by atoms with Crippen LogP contribution in [0, 0.1) is 0 Å². The molecule has 0 aromatic heterocycles. The molecule has 0 spiro atoms. The van der Waals surface area contributed by atoms with Crippen LogP contribution in [0.1, 0.15) is 29.3 Å². The molecule has 0 aliphatic heterocycles. The van der Waals surface area contributed by atoms with Gasteiger partial charge in [-0.3, -0.25) is 4.79 Å². The number of hydrogen-bond acceptors (Lipinski definition) is 5. The minimum Gasteiger partial charge on any atom is -0.493 e. The Hall–Kier alpha value is -2.60. The van der Waals surface area contributed by atoms with Crippen LogP contribution in [0.5, 0.6) is 11.5 Å². The number of ether oxygens (including phenoxy) is 2. The molecule has 0 bridgehead atoms. The van der Waals surface area contributed by atoms with Crippen molar-refractivity contribution >= 4 is 21.7 Å². The van der Waals surface area contributed by atoms with E-state index in [1.54, 1.807) is 25.3 Å². The number of carbonyl (C=O) groups excluding carboxylic acids is 1. The molecule has 0 fully saturated rings. The van der Waals surface area contributed by atoms with Crippen LogP contribution in [-0.4, -0.2) is 34.2 Å². The fourth-order valence-electron chi connectivity index (χ4n) is 2.25. The Labute approximate surface area is 154 Å². The van der Waals surface area contributed by atoms with Crippen LogP contribution >= 0.6 is 0 Å². The van der Waals surface area contributed by atoms with Crippen LogP contribution in [-0.2, 0) is 9.84 Å². The highest BCUT2D eigenvalue weighted by Crippen LogP contribution is 2.28. The summed E-state index contributed by atoms with van der Waals surface area (Å²) >= 11 is 0. The molecular weight excluding hydrogens is 352 g/mol. The van der Waals surface area contributed by atoms with Gasteiger partial charge in [0.2, 0.25) is 0 Å². The standard InChI is InChI=1S/C20H22O5S/c1-4-13-25-19-12-6-15(14-20(19)24-2)5-11-18(21)16-7-9-17(10-8-16)26(3,22)23/h5-12,14H,4,13H2,1-3H3/b11-5+. The maximum Gasteiger partial charge on any atom is 0.185 e. The van der Waals surface area contributed by atoms with Gasteiger partial charge in [-0.25, -0.2) is 8.42 Å².